The van der Waals surface area contributed by atoms with E-state index in [0.717, 1.165) is 76.2 Å². The van der Waals surface area contributed by atoms with Crippen LogP contribution in [0.15, 0.2) is 18.2 Å². The molecule has 5 nitrogen and oxygen atoms in total. The second-order valence-corrected chi connectivity index (χ2v) is 9.17. The molecule has 0 radical (unpaired) electrons. The van der Waals surface area contributed by atoms with Gasteiger partial charge in [-0.25, -0.2) is 0 Å². The number of rotatable bonds is 15. The fourth-order valence-corrected chi connectivity index (χ4v) is 3.78. The molecule has 0 amide bonds. The number of carbonyl (C=O) groups excluding carboxylic acids is 1. The van der Waals surface area contributed by atoms with Crippen molar-refractivity contribution in [3.8, 4) is 5.75 Å². The number of aliphatic carboxylic acids is 1. The van der Waals surface area contributed by atoms with E-state index in [1.165, 1.54) is 5.56 Å². The van der Waals surface area contributed by atoms with Gasteiger partial charge in [0.05, 0.1) is 5.41 Å². The Morgan fingerprint density at radius 2 is 1.79 bits per heavy atom. The predicted molar refractivity (Wildman–Crippen MR) is 113 cm³/mol. The van der Waals surface area contributed by atoms with Crippen LogP contribution in [0, 0.1) is 5.41 Å². The van der Waals surface area contributed by atoms with Crippen LogP contribution in [0.1, 0.15) is 89.2 Å². The molecule has 162 valence electrons. The van der Waals surface area contributed by atoms with Gasteiger partial charge in [0, 0.05) is 0 Å². The zero-order valence-electron chi connectivity index (χ0n) is 17.9. The first kappa shape index (κ1) is 23.2. The van der Waals surface area contributed by atoms with Gasteiger partial charge in [0.15, 0.2) is 0 Å². The molecule has 1 aliphatic carbocycles. The predicted octanol–water partition coefficient (Wildman–Crippen LogP) is 5.41. The van der Waals surface area contributed by atoms with Crippen LogP contribution in [0.3, 0.4) is 0 Å². The van der Waals surface area contributed by atoms with Gasteiger partial charge >= 0.3 is 5.97 Å². The van der Waals surface area contributed by atoms with Crippen LogP contribution in [0.25, 0.3) is 0 Å². The van der Waals surface area contributed by atoms with E-state index in [1.54, 1.807) is 19.9 Å². The molecule has 0 spiro atoms. The monoisotopic (exact) mass is 404 g/mol. The summed E-state index contributed by atoms with van der Waals surface area (Å²) in [6.07, 6.45) is 11.5. The minimum Gasteiger partial charge on any atom is -0.508 e. The van der Waals surface area contributed by atoms with E-state index in [-0.39, 0.29) is 5.60 Å². The summed E-state index contributed by atoms with van der Waals surface area (Å²) in [5.74, 6) is -0.375. The molecule has 0 heterocycles. The molecule has 1 aliphatic rings. The number of aromatic hydroxyl groups is 1. The highest BCUT2D eigenvalue weighted by Crippen LogP contribution is 2.43. The summed E-state index contributed by atoms with van der Waals surface area (Å²) >= 11 is 0. The maximum absolute atomic E-state index is 11.1. The summed E-state index contributed by atoms with van der Waals surface area (Å²) in [5.41, 5.74) is 1.42. The number of phenolic OH excluding ortho intramolecular Hbond substituents is 1. The topological polar surface area (TPSA) is 83.8 Å². The number of unbranched alkanes of at least 4 members (excludes halogenated alkanes) is 4. The SMILES string of the molecule is CC(C)(CCCCCCc1cc(CCCCC2(OC=O)CC2)ccc1O)C(=O)O. The molecule has 0 bridgehead atoms. The minimum atomic E-state index is -0.734. The lowest BCUT2D eigenvalue weighted by Crippen LogP contribution is -2.23. The van der Waals surface area contributed by atoms with Crippen LogP contribution in [0.5, 0.6) is 5.75 Å². The number of aryl methyl sites for hydroxylation is 2. The molecular formula is C24H36O5. The van der Waals surface area contributed by atoms with E-state index < -0.39 is 11.4 Å². The minimum absolute atomic E-state index is 0.165. The van der Waals surface area contributed by atoms with E-state index >= 15 is 0 Å². The molecule has 0 aromatic heterocycles. The van der Waals surface area contributed by atoms with Crippen molar-refractivity contribution in [1.82, 2.24) is 0 Å². The largest absolute Gasteiger partial charge is 0.508 e. The molecule has 5 heteroatoms. The van der Waals surface area contributed by atoms with Crippen LogP contribution in [-0.2, 0) is 27.2 Å². The summed E-state index contributed by atoms with van der Waals surface area (Å²) in [4.78, 5) is 21.7. The molecule has 0 aliphatic heterocycles. The Morgan fingerprint density at radius 1 is 1.10 bits per heavy atom. The van der Waals surface area contributed by atoms with Crippen molar-refractivity contribution in [2.45, 2.75) is 96.5 Å². The molecule has 1 saturated carbocycles. The highest BCUT2D eigenvalue weighted by Gasteiger charge is 2.44. The van der Waals surface area contributed by atoms with Crippen molar-refractivity contribution in [2.75, 3.05) is 0 Å². The molecule has 0 atom stereocenters. The number of hydrogen-bond donors (Lipinski definition) is 2. The molecular weight excluding hydrogens is 368 g/mol. The van der Waals surface area contributed by atoms with Gasteiger partial charge in [-0.15, -0.1) is 0 Å². The van der Waals surface area contributed by atoms with Gasteiger partial charge in [0.2, 0.25) is 0 Å². The van der Waals surface area contributed by atoms with E-state index in [0.29, 0.717) is 18.6 Å². The number of ether oxygens (including phenoxy) is 1. The number of hydrogen-bond acceptors (Lipinski definition) is 4. The smallest absolute Gasteiger partial charge is 0.309 e. The highest BCUT2D eigenvalue weighted by molar-refractivity contribution is 5.73. The quantitative estimate of drug-likeness (QED) is 0.301. The van der Waals surface area contributed by atoms with Gasteiger partial charge in [-0.3, -0.25) is 9.59 Å². The third-order valence-electron chi connectivity index (χ3n) is 6.17. The van der Waals surface area contributed by atoms with Crippen molar-refractivity contribution < 1.29 is 24.5 Å². The second kappa shape index (κ2) is 10.7. The summed E-state index contributed by atoms with van der Waals surface area (Å²) < 4.78 is 5.19. The fourth-order valence-electron chi connectivity index (χ4n) is 3.78. The lowest BCUT2D eigenvalue weighted by molar-refractivity contribution is -0.147. The molecule has 2 rings (SSSR count). The third-order valence-corrected chi connectivity index (χ3v) is 6.17. The van der Waals surface area contributed by atoms with E-state index in [4.69, 9.17) is 9.84 Å². The van der Waals surface area contributed by atoms with Gasteiger partial charge in [0.1, 0.15) is 11.4 Å². The maximum atomic E-state index is 11.1. The molecule has 0 saturated heterocycles. The molecule has 1 aromatic carbocycles. The average molecular weight is 405 g/mol. The van der Waals surface area contributed by atoms with Crippen LogP contribution >= 0.6 is 0 Å². The summed E-state index contributed by atoms with van der Waals surface area (Å²) in [5, 5.41) is 19.3. The van der Waals surface area contributed by atoms with Gasteiger partial charge in [-0.1, -0.05) is 31.4 Å². The Hall–Kier alpha value is -2.04. The summed E-state index contributed by atoms with van der Waals surface area (Å²) in [6.45, 7) is 4.13. The Kier molecular flexibility index (Phi) is 8.54. The third kappa shape index (κ3) is 7.71. The highest BCUT2D eigenvalue weighted by atomic mass is 16.5. The normalized spacial score (nSPS) is 15.1. The molecule has 0 unspecified atom stereocenters. The van der Waals surface area contributed by atoms with Crippen molar-refractivity contribution in [3.63, 3.8) is 0 Å². The fraction of sp³-hybridized carbons (Fsp3) is 0.667. The van der Waals surface area contributed by atoms with Crippen molar-refractivity contribution in [3.05, 3.63) is 29.3 Å². The lowest BCUT2D eigenvalue weighted by Gasteiger charge is -2.18. The number of carbonyl (C=O) groups is 2. The first-order valence-corrected chi connectivity index (χ1v) is 10.9. The van der Waals surface area contributed by atoms with Crippen LogP contribution in [0.2, 0.25) is 0 Å². The van der Waals surface area contributed by atoms with Crippen molar-refractivity contribution >= 4 is 12.4 Å². The van der Waals surface area contributed by atoms with Crippen molar-refractivity contribution in [2.24, 2.45) is 5.41 Å². The summed E-state index contributed by atoms with van der Waals surface area (Å²) in [7, 11) is 0. The molecule has 1 aromatic rings. The molecule has 29 heavy (non-hydrogen) atoms. The van der Waals surface area contributed by atoms with Crippen LogP contribution in [0.4, 0.5) is 0 Å². The maximum Gasteiger partial charge on any atom is 0.309 e. The van der Waals surface area contributed by atoms with E-state index in [1.807, 2.05) is 6.07 Å². The zero-order chi connectivity index (χ0) is 21.3. The Morgan fingerprint density at radius 3 is 2.45 bits per heavy atom. The van der Waals surface area contributed by atoms with Crippen LogP contribution in [-0.4, -0.2) is 28.3 Å². The molecule has 1 fully saturated rings. The standard InChI is InChI=1S/C24H36O5/c1-23(2,22(27)28)13-7-4-3-5-10-20-17-19(11-12-21(20)26)9-6-8-14-24(15-16-24)29-18-25/h11-12,17-18,26H,3-10,13-16H2,1-2H3,(H,27,28). The summed E-state index contributed by atoms with van der Waals surface area (Å²) in [6, 6.07) is 5.89. The van der Waals surface area contributed by atoms with E-state index in [9.17, 15) is 14.7 Å². The Labute approximate surface area is 174 Å². The van der Waals surface area contributed by atoms with Gasteiger partial charge in [-0.05, 0) is 88.8 Å². The average Bonchev–Trinajstić information content (AvgIpc) is 3.43. The Bertz CT molecular complexity index is 676. The van der Waals surface area contributed by atoms with Crippen LogP contribution < -0.4 is 0 Å². The number of carboxylic acid groups (broad SMARTS) is 1. The van der Waals surface area contributed by atoms with Gasteiger partial charge < -0.3 is 14.9 Å². The molecule has 2 N–H and O–H groups in total. The van der Waals surface area contributed by atoms with Gasteiger partial charge in [0.25, 0.3) is 6.47 Å². The van der Waals surface area contributed by atoms with Gasteiger partial charge in [-0.2, -0.15) is 0 Å². The van der Waals surface area contributed by atoms with Crippen molar-refractivity contribution in [1.29, 1.82) is 0 Å². The number of carboxylic acids is 1. The first-order chi connectivity index (χ1) is 13.8. The number of phenols is 1. The lowest BCUT2D eigenvalue weighted by atomic mass is 9.87. The van der Waals surface area contributed by atoms with E-state index in [2.05, 4.69) is 6.07 Å². The first-order valence-electron chi connectivity index (χ1n) is 10.9. The second-order valence-electron chi connectivity index (χ2n) is 9.17. The zero-order valence-corrected chi connectivity index (χ0v) is 17.9. The number of benzene rings is 1. The Balaban J connectivity index is 1.66.